The van der Waals surface area contributed by atoms with Gasteiger partial charge >= 0.3 is 0 Å². The highest BCUT2D eigenvalue weighted by Crippen LogP contribution is 2.31. The van der Waals surface area contributed by atoms with Gasteiger partial charge < -0.3 is 15.2 Å². The van der Waals surface area contributed by atoms with Gasteiger partial charge in [0, 0.05) is 9.75 Å². The summed E-state index contributed by atoms with van der Waals surface area (Å²) < 4.78 is 5.52. The zero-order chi connectivity index (χ0) is 14.8. The maximum Gasteiger partial charge on any atom is 0.255 e. The number of ether oxygens (including phenoxy) is 1. The number of carbonyl (C=O) groups is 1. The third-order valence-electron chi connectivity index (χ3n) is 3.51. The molecule has 1 amide bonds. The van der Waals surface area contributed by atoms with Crippen LogP contribution in [0.4, 0.5) is 0 Å². The molecule has 1 atom stereocenters. The topological polar surface area (TPSA) is 58.6 Å². The molecule has 2 heterocycles. The Balaban J connectivity index is 1.93. The highest BCUT2D eigenvalue weighted by atomic mass is 32.1. The molecule has 0 fully saturated rings. The second-order valence-corrected chi connectivity index (χ2v) is 6.12. The van der Waals surface area contributed by atoms with E-state index >= 15 is 0 Å². The predicted octanol–water partition coefficient (Wildman–Crippen LogP) is 2.51. The van der Waals surface area contributed by atoms with E-state index in [1.165, 1.54) is 4.88 Å². The van der Waals surface area contributed by atoms with Crippen LogP contribution < -0.4 is 10.1 Å². The van der Waals surface area contributed by atoms with E-state index in [4.69, 9.17) is 4.74 Å². The van der Waals surface area contributed by atoms with Crippen LogP contribution in [0.2, 0.25) is 0 Å². The molecule has 2 N–H and O–H groups in total. The summed E-state index contributed by atoms with van der Waals surface area (Å²) in [6.45, 7) is 3.05. The Morgan fingerprint density at radius 1 is 1.38 bits per heavy atom. The molecule has 0 saturated carbocycles. The molecular weight excluding hydrogens is 286 g/mol. The van der Waals surface area contributed by atoms with E-state index in [2.05, 4.69) is 12.2 Å². The number of fused-ring (bicyclic) bond motifs is 1. The maximum absolute atomic E-state index is 12.0. The fourth-order valence-corrected chi connectivity index (χ4v) is 3.30. The first-order valence-corrected chi connectivity index (χ1v) is 7.82. The SMILES string of the molecule is CCc1ccc(C(O)c2ccc3c(c2)C(=O)NCCO3)s1. The third-order valence-corrected chi connectivity index (χ3v) is 4.79. The van der Waals surface area contributed by atoms with Crippen molar-refractivity contribution in [3.8, 4) is 5.75 Å². The first-order chi connectivity index (χ1) is 10.2. The predicted molar refractivity (Wildman–Crippen MR) is 82.0 cm³/mol. The fraction of sp³-hybridized carbons (Fsp3) is 0.312. The number of carbonyl (C=O) groups excluding carboxylic acids is 1. The van der Waals surface area contributed by atoms with E-state index < -0.39 is 6.10 Å². The van der Waals surface area contributed by atoms with Crippen molar-refractivity contribution in [3.05, 3.63) is 51.2 Å². The number of amides is 1. The molecule has 0 spiro atoms. The van der Waals surface area contributed by atoms with E-state index in [-0.39, 0.29) is 5.91 Å². The summed E-state index contributed by atoms with van der Waals surface area (Å²) in [7, 11) is 0. The number of thiophene rings is 1. The van der Waals surface area contributed by atoms with Gasteiger partial charge in [0.1, 0.15) is 18.5 Å². The molecule has 5 heteroatoms. The largest absolute Gasteiger partial charge is 0.491 e. The highest BCUT2D eigenvalue weighted by molar-refractivity contribution is 7.12. The highest BCUT2D eigenvalue weighted by Gasteiger charge is 2.20. The number of aliphatic hydroxyl groups is 1. The van der Waals surface area contributed by atoms with E-state index in [0.717, 1.165) is 11.3 Å². The van der Waals surface area contributed by atoms with Crippen LogP contribution in [0.25, 0.3) is 0 Å². The van der Waals surface area contributed by atoms with Gasteiger partial charge in [-0.1, -0.05) is 13.0 Å². The van der Waals surface area contributed by atoms with Crippen LogP contribution in [-0.4, -0.2) is 24.2 Å². The molecule has 1 aliphatic rings. The first kappa shape index (κ1) is 14.1. The lowest BCUT2D eigenvalue weighted by Crippen LogP contribution is -2.24. The molecule has 0 bridgehead atoms. The average molecular weight is 303 g/mol. The fourth-order valence-electron chi connectivity index (χ4n) is 2.34. The van der Waals surface area contributed by atoms with Gasteiger partial charge in [0.2, 0.25) is 0 Å². The summed E-state index contributed by atoms with van der Waals surface area (Å²) in [6, 6.07) is 9.26. The summed E-state index contributed by atoms with van der Waals surface area (Å²) in [5, 5.41) is 13.3. The smallest absolute Gasteiger partial charge is 0.255 e. The first-order valence-electron chi connectivity index (χ1n) is 7.00. The summed E-state index contributed by atoms with van der Waals surface area (Å²) in [5.74, 6) is 0.415. The molecule has 3 rings (SSSR count). The van der Waals surface area contributed by atoms with Crippen LogP contribution in [0.15, 0.2) is 30.3 Å². The molecule has 110 valence electrons. The van der Waals surface area contributed by atoms with Gasteiger partial charge in [0.25, 0.3) is 5.91 Å². The van der Waals surface area contributed by atoms with E-state index in [9.17, 15) is 9.90 Å². The van der Waals surface area contributed by atoms with Crippen LogP contribution in [0.5, 0.6) is 5.75 Å². The average Bonchev–Trinajstić information content (AvgIpc) is 2.92. The third kappa shape index (κ3) is 2.80. The van der Waals surface area contributed by atoms with Crippen LogP contribution in [-0.2, 0) is 6.42 Å². The summed E-state index contributed by atoms with van der Waals surface area (Å²) in [4.78, 5) is 14.1. The van der Waals surface area contributed by atoms with Crippen LogP contribution in [0.3, 0.4) is 0 Å². The summed E-state index contributed by atoms with van der Waals surface area (Å²) in [5.41, 5.74) is 1.19. The zero-order valence-corrected chi connectivity index (χ0v) is 12.6. The lowest BCUT2D eigenvalue weighted by Gasteiger charge is -2.12. The number of hydrogen-bond acceptors (Lipinski definition) is 4. The molecule has 4 nitrogen and oxygen atoms in total. The van der Waals surface area contributed by atoms with Gasteiger partial charge in [-0.3, -0.25) is 4.79 Å². The molecule has 1 aromatic carbocycles. The van der Waals surface area contributed by atoms with Gasteiger partial charge in [-0.15, -0.1) is 11.3 Å². The Hall–Kier alpha value is -1.85. The molecule has 0 aliphatic carbocycles. The van der Waals surface area contributed by atoms with E-state index in [1.807, 2.05) is 18.2 Å². The minimum atomic E-state index is -0.711. The molecule has 21 heavy (non-hydrogen) atoms. The minimum absolute atomic E-state index is 0.156. The van der Waals surface area contributed by atoms with Crippen molar-refractivity contribution in [1.82, 2.24) is 5.32 Å². The lowest BCUT2D eigenvalue weighted by atomic mass is 10.0. The Bertz CT molecular complexity index is 665. The maximum atomic E-state index is 12.0. The van der Waals surface area contributed by atoms with Gasteiger partial charge in [-0.25, -0.2) is 0 Å². The monoisotopic (exact) mass is 303 g/mol. The number of rotatable bonds is 3. The molecule has 1 unspecified atom stereocenters. The Morgan fingerprint density at radius 3 is 3.00 bits per heavy atom. The summed E-state index contributed by atoms with van der Waals surface area (Å²) >= 11 is 1.60. The minimum Gasteiger partial charge on any atom is -0.491 e. The van der Waals surface area contributed by atoms with E-state index in [0.29, 0.717) is 30.0 Å². The van der Waals surface area contributed by atoms with E-state index in [1.54, 1.807) is 23.5 Å². The molecule has 1 aliphatic heterocycles. The van der Waals surface area contributed by atoms with Crippen molar-refractivity contribution in [3.63, 3.8) is 0 Å². The number of aryl methyl sites for hydroxylation is 1. The number of hydrogen-bond donors (Lipinski definition) is 2. The number of nitrogens with one attached hydrogen (secondary N) is 1. The van der Waals surface area contributed by atoms with Crippen molar-refractivity contribution < 1.29 is 14.6 Å². The normalized spacial score (nSPS) is 15.6. The molecular formula is C16H17NO3S. The van der Waals surface area contributed by atoms with Crippen LogP contribution in [0.1, 0.15) is 38.7 Å². The van der Waals surface area contributed by atoms with Crippen molar-refractivity contribution in [2.45, 2.75) is 19.4 Å². The Morgan fingerprint density at radius 2 is 2.24 bits per heavy atom. The van der Waals surface area contributed by atoms with Crippen molar-refractivity contribution >= 4 is 17.2 Å². The quantitative estimate of drug-likeness (QED) is 0.916. The van der Waals surface area contributed by atoms with Crippen molar-refractivity contribution in [1.29, 1.82) is 0 Å². The number of aliphatic hydroxyl groups excluding tert-OH is 1. The second kappa shape index (κ2) is 5.87. The molecule has 0 radical (unpaired) electrons. The molecule has 2 aromatic rings. The molecule has 0 saturated heterocycles. The van der Waals surface area contributed by atoms with Gasteiger partial charge in [-0.05, 0) is 36.2 Å². The number of benzene rings is 1. The Labute approximate surface area is 127 Å². The van der Waals surface area contributed by atoms with Crippen molar-refractivity contribution in [2.24, 2.45) is 0 Å². The second-order valence-electron chi connectivity index (χ2n) is 4.92. The van der Waals surface area contributed by atoms with Crippen molar-refractivity contribution in [2.75, 3.05) is 13.2 Å². The standard InChI is InChI=1S/C16H17NO3S/c1-2-11-4-6-14(21-11)15(18)10-3-5-13-12(9-10)16(19)17-7-8-20-13/h3-6,9,15,18H,2,7-8H2,1H3,(H,17,19). The van der Waals surface area contributed by atoms with Gasteiger partial charge in [0.05, 0.1) is 12.1 Å². The lowest BCUT2D eigenvalue weighted by molar-refractivity contribution is 0.0957. The van der Waals surface area contributed by atoms with Crippen LogP contribution >= 0.6 is 11.3 Å². The summed E-state index contributed by atoms with van der Waals surface area (Å²) in [6.07, 6.45) is 0.245. The Kier molecular flexibility index (Phi) is 3.94. The molecule has 1 aromatic heterocycles. The van der Waals surface area contributed by atoms with Crippen LogP contribution in [0, 0.1) is 0 Å². The zero-order valence-electron chi connectivity index (χ0n) is 11.8. The van der Waals surface area contributed by atoms with Gasteiger partial charge in [-0.2, -0.15) is 0 Å². The van der Waals surface area contributed by atoms with Gasteiger partial charge in [0.15, 0.2) is 0 Å².